The highest BCUT2D eigenvalue weighted by atomic mass is 28.3. The van der Waals surface area contributed by atoms with E-state index in [1.165, 1.54) is 12.8 Å². The van der Waals surface area contributed by atoms with Gasteiger partial charge in [-0.15, -0.1) is 0 Å². The zero-order chi connectivity index (χ0) is 10.3. The third kappa shape index (κ3) is 2.35. The Hall–Kier alpha value is 0.177. The van der Waals surface area contributed by atoms with E-state index in [1.807, 2.05) is 6.92 Å². The first kappa shape index (κ1) is 11.3. The molecule has 0 heterocycles. The van der Waals surface area contributed by atoms with Crippen molar-refractivity contribution >= 4 is 8.07 Å². The predicted molar refractivity (Wildman–Crippen MR) is 60.7 cm³/mol. The van der Waals surface area contributed by atoms with Gasteiger partial charge in [-0.1, -0.05) is 39.4 Å². The van der Waals surface area contributed by atoms with Gasteiger partial charge in [-0.25, -0.2) is 0 Å². The molecule has 0 saturated heterocycles. The van der Waals surface area contributed by atoms with E-state index < -0.39 is 13.7 Å². The lowest BCUT2D eigenvalue weighted by Gasteiger charge is -2.45. The number of rotatable bonds is 1. The summed E-state index contributed by atoms with van der Waals surface area (Å²) in [4.78, 5) is 0. The molecular weight excluding hydrogens is 176 g/mol. The van der Waals surface area contributed by atoms with Gasteiger partial charge in [0.25, 0.3) is 0 Å². The van der Waals surface area contributed by atoms with Crippen LogP contribution in [0.2, 0.25) is 25.2 Å². The van der Waals surface area contributed by atoms with Gasteiger partial charge in [0.1, 0.15) is 0 Å². The maximum atomic E-state index is 10.2. The molecule has 3 atom stereocenters. The Morgan fingerprint density at radius 1 is 1.31 bits per heavy atom. The molecule has 0 bridgehead atoms. The highest BCUT2D eigenvalue weighted by Gasteiger charge is 2.42. The lowest BCUT2D eigenvalue weighted by Crippen LogP contribution is -2.46. The fourth-order valence-electron chi connectivity index (χ4n) is 2.77. The van der Waals surface area contributed by atoms with Crippen LogP contribution in [0, 0.1) is 5.92 Å². The molecule has 1 aliphatic carbocycles. The second-order valence-corrected chi connectivity index (χ2v) is 11.5. The van der Waals surface area contributed by atoms with Crippen LogP contribution in [0.25, 0.3) is 0 Å². The van der Waals surface area contributed by atoms with E-state index in [1.54, 1.807) is 0 Å². The molecule has 3 unspecified atom stereocenters. The Morgan fingerprint density at radius 3 is 2.23 bits per heavy atom. The van der Waals surface area contributed by atoms with Crippen LogP contribution in [0.3, 0.4) is 0 Å². The van der Waals surface area contributed by atoms with Crippen molar-refractivity contribution < 1.29 is 5.11 Å². The van der Waals surface area contributed by atoms with Crippen molar-refractivity contribution in [3.05, 3.63) is 0 Å². The molecule has 0 aromatic heterocycles. The quantitative estimate of drug-likeness (QED) is 0.644. The van der Waals surface area contributed by atoms with Gasteiger partial charge in [0, 0.05) is 8.07 Å². The largest absolute Gasteiger partial charge is 0.390 e. The van der Waals surface area contributed by atoms with Crippen LogP contribution >= 0.6 is 0 Å². The highest BCUT2D eigenvalue weighted by Crippen LogP contribution is 2.46. The summed E-state index contributed by atoms with van der Waals surface area (Å²) in [6.07, 6.45) is 3.55. The summed E-state index contributed by atoms with van der Waals surface area (Å²) in [5.41, 5.74) is 0.402. The van der Waals surface area contributed by atoms with Crippen molar-refractivity contribution in [1.29, 1.82) is 0 Å². The SMILES string of the molecule is CC1C([Si](C)(C)C)CCCC1(C)O. The smallest absolute Gasteiger partial charge is 0.0645 e. The highest BCUT2D eigenvalue weighted by molar-refractivity contribution is 6.77. The van der Waals surface area contributed by atoms with Crippen LogP contribution < -0.4 is 0 Å². The van der Waals surface area contributed by atoms with Gasteiger partial charge in [0.05, 0.1) is 5.60 Å². The average molecular weight is 200 g/mol. The maximum Gasteiger partial charge on any atom is 0.0645 e. The number of hydrogen-bond donors (Lipinski definition) is 1. The lowest BCUT2D eigenvalue weighted by atomic mass is 9.77. The Balaban J connectivity index is 2.77. The molecule has 1 saturated carbocycles. The summed E-state index contributed by atoms with van der Waals surface area (Å²) in [6, 6.07) is 0. The van der Waals surface area contributed by atoms with Crippen molar-refractivity contribution in [1.82, 2.24) is 0 Å². The Kier molecular flexibility index (Phi) is 2.94. The van der Waals surface area contributed by atoms with E-state index >= 15 is 0 Å². The first-order chi connectivity index (χ1) is 5.75. The van der Waals surface area contributed by atoms with Gasteiger partial charge in [-0.2, -0.15) is 0 Å². The summed E-state index contributed by atoms with van der Waals surface area (Å²) >= 11 is 0. The summed E-state index contributed by atoms with van der Waals surface area (Å²) < 4.78 is 0. The van der Waals surface area contributed by atoms with E-state index in [9.17, 15) is 5.11 Å². The fourth-order valence-corrected chi connectivity index (χ4v) is 5.70. The molecule has 1 nitrogen and oxygen atoms in total. The van der Waals surface area contributed by atoms with Gasteiger partial charge in [-0.05, 0) is 24.8 Å². The van der Waals surface area contributed by atoms with Gasteiger partial charge >= 0.3 is 0 Å². The monoisotopic (exact) mass is 200 g/mol. The van der Waals surface area contributed by atoms with Gasteiger partial charge in [0.15, 0.2) is 0 Å². The lowest BCUT2D eigenvalue weighted by molar-refractivity contribution is -0.0248. The van der Waals surface area contributed by atoms with E-state index in [0.29, 0.717) is 5.92 Å². The van der Waals surface area contributed by atoms with Crippen LogP contribution in [0.1, 0.15) is 33.1 Å². The first-order valence-corrected chi connectivity index (χ1v) is 9.05. The Labute approximate surface area is 83.6 Å². The van der Waals surface area contributed by atoms with Crippen LogP contribution in [-0.2, 0) is 0 Å². The second kappa shape index (κ2) is 3.39. The third-order valence-corrected chi connectivity index (χ3v) is 6.91. The van der Waals surface area contributed by atoms with Crippen LogP contribution in [0.5, 0.6) is 0 Å². The molecule has 13 heavy (non-hydrogen) atoms. The zero-order valence-electron chi connectivity index (χ0n) is 9.72. The third-order valence-electron chi connectivity index (χ3n) is 3.89. The summed E-state index contributed by atoms with van der Waals surface area (Å²) in [7, 11) is -1.07. The van der Waals surface area contributed by atoms with Crippen LogP contribution in [0.15, 0.2) is 0 Å². The molecular formula is C11H24OSi. The van der Waals surface area contributed by atoms with Crippen LogP contribution in [0.4, 0.5) is 0 Å². The molecule has 1 aliphatic rings. The first-order valence-electron chi connectivity index (χ1n) is 5.47. The molecule has 0 amide bonds. The summed E-state index contributed by atoms with van der Waals surface area (Å²) in [5.74, 6) is 0.493. The van der Waals surface area contributed by atoms with Gasteiger partial charge < -0.3 is 5.11 Å². The van der Waals surface area contributed by atoms with Crippen molar-refractivity contribution in [3.8, 4) is 0 Å². The summed E-state index contributed by atoms with van der Waals surface area (Å²) in [6.45, 7) is 11.5. The molecule has 1 rings (SSSR count). The minimum atomic E-state index is -1.07. The predicted octanol–water partition coefficient (Wildman–Crippen LogP) is 3.27. The van der Waals surface area contributed by atoms with E-state index in [-0.39, 0.29) is 0 Å². The molecule has 78 valence electrons. The average Bonchev–Trinajstić information content (AvgIpc) is 1.92. The molecule has 0 radical (unpaired) electrons. The zero-order valence-corrected chi connectivity index (χ0v) is 10.7. The summed E-state index contributed by atoms with van der Waals surface area (Å²) in [5, 5.41) is 10.2. The van der Waals surface area contributed by atoms with E-state index in [2.05, 4.69) is 26.6 Å². The Bertz CT molecular complexity index is 181. The Morgan fingerprint density at radius 2 is 1.85 bits per heavy atom. The molecule has 0 aliphatic heterocycles. The maximum absolute atomic E-state index is 10.2. The van der Waals surface area contributed by atoms with Crippen molar-refractivity contribution in [2.45, 2.75) is 63.9 Å². The van der Waals surface area contributed by atoms with Gasteiger partial charge in [-0.3, -0.25) is 0 Å². The van der Waals surface area contributed by atoms with E-state index in [4.69, 9.17) is 0 Å². The fraction of sp³-hybridized carbons (Fsp3) is 1.00. The molecule has 0 aromatic carbocycles. The standard InChI is InChI=1S/C11H24OSi/c1-9-10(13(3,4)5)7-6-8-11(9,2)12/h9-10,12H,6-8H2,1-5H3. The molecule has 0 aromatic rings. The minimum absolute atomic E-state index is 0.400. The van der Waals surface area contributed by atoms with Crippen LogP contribution in [-0.4, -0.2) is 18.8 Å². The topological polar surface area (TPSA) is 20.2 Å². The van der Waals surface area contributed by atoms with Crippen molar-refractivity contribution in [2.75, 3.05) is 0 Å². The normalized spacial score (nSPS) is 42.0. The molecule has 0 spiro atoms. The van der Waals surface area contributed by atoms with Crippen molar-refractivity contribution in [2.24, 2.45) is 5.92 Å². The minimum Gasteiger partial charge on any atom is -0.390 e. The second-order valence-electron chi connectivity index (χ2n) is 6.01. The van der Waals surface area contributed by atoms with E-state index in [0.717, 1.165) is 12.0 Å². The number of hydrogen-bond acceptors (Lipinski definition) is 1. The molecule has 1 fully saturated rings. The number of aliphatic hydroxyl groups is 1. The molecule has 1 N–H and O–H groups in total. The van der Waals surface area contributed by atoms with Crippen molar-refractivity contribution in [3.63, 3.8) is 0 Å². The molecule has 2 heteroatoms. The van der Waals surface area contributed by atoms with Gasteiger partial charge in [0.2, 0.25) is 0 Å².